The van der Waals surface area contributed by atoms with Crippen LogP contribution in [0.4, 0.5) is 5.13 Å². The molecule has 0 fully saturated rings. The van der Waals surface area contributed by atoms with Crippen LogP contribution in [0.3, 0.4) is 0 Å². The van der Waals surface area contributed by atoms with Gasteiger partial charge in [0, 0.05) is 10.9 Å². The van der Waals surface area contributed by atoms with E-state index < -0.39 is 0 Å². The van der Waals surface area contributed by atoms with E-state index in [-0.39, 0.29) is 5.75 Å². The molecular weight excluding hydrogens is 298 g/mol. The Morgan fingerprint density at radius 1 is 1.50 bits per heavy atom. The van der Waals surface area contributed by atoms with Crippen molar-refractivity contribution < 1.29 is 9.84 Å². The highest BCUT2D eigenvalue weighted by Gasteiger charge is 2.09. The predicted octanol–water partition coefficient (Wildman–Crippen LogP) is 3.73. The highest BCUT2D eigenvalue weighted by atomic mass is 32.1. The molecule has 0 aliphatic heterocycles. The van der Waals surface area contributed by atoms with Crippen LogP contribution in [-0.2, 0) is 6.42 Å². The maximum atomic E-state index is 10.1. The lowest BCUT2D eigenvalue weighted by Crippen LogP contribution is -1.97. The quantitative estimate of drug-likeness (QED) is 0.464. The van der Waals surface area contributed by atoms with Crippen molar-refractivity contribution in [2.24, 2.45) is 5.10 Å². The fraction of sp³-hybridized carbons (Fsp3) is 0.250. The lowest BCUT2D eigenvalue weighted by molar-refractivity contribution is 0.317. The summed E-state index contributed by atoms with van der Waals surface area (Å²) in [5, 5.41) is 17.0. The second-order valence-corrected chi connectivity index (χ2v) is 5.47. The van der Waals surface area contributed by atoms with Crippen LogP contribution in [0.5, 0.6) is 11.5 Å². The molecule has 1 heterocycles. The summed E-state index contributed by atoms with van der Waals surface area (Å²) in [6, 6.07) is 3.61. The van der Waals surface area contributed by atoms with Crippen LogP contribution < -0.4 is 10.2 Å². The molecule has 22 heavy (non-hydrogen) atoms. The number of hydrogen-bond donors (Lipinski definition) is 2. The molecule has 0 unspecified atom stereocenters. The molecule has 0 aliphatic rings. The van der Waals surface area contributed by atoms with E-state index in [0.29, 0.717) is 18.8 Å². The molecule has 2 rings (SSSR count). The summed E-state index contributed by atoms with van der Waals surface area (Å²) in [5.41, 5.74) is 5.43. The zero-order valence-corrected chi connectivity index (χ0v) is 13.5. The first kappa shape index (κ1) is 16.0. The van der Waals surface area contributed by atoms with Gasteiger partial charge in [-0.1, -0.05) is 6.08 Å². The maximum Gasteiger partial charge on any atom is 0.203 e. The summed E-state index contributed by atoms with van der Waals surface area (Å²) in [7, 11) is 0. The molecule has 5 nitrogen and oxygen atoms in total. The molecule has 1 aromatic carbocycles. The molecule has 0 aliphatic carbocycles. The average Bonchev–Trinajstić information content (AvgIpc) is 2.90. The molecule has 2 aromatic rings. The Morgan fingerprint density at radius 3 is 2.95 bits per heavy atom. The predicted molar refractivity (Wildman–Crippen MR) is 91.2 cm³/mol. The smallest absolute Gasteiger partial charge is 0.203 e. The Balaban J connectivity index is 2.19. The lowest BCUT2D eigenvalue weighted by atomic mass is 10.1. The van der Waals surface area contributed by atoms with Crippen LogP contribution >= 0.6 is 11.3 Å². The van der Waals surface area contributed by atoms with Gasteiger partial charge in [0.25, 0.3) is 0 Å². The number of hydrogen-bond acceptors (Lipinski definition) is 6. The first-order chi connectivity index (χ1) is 10.6. The van der Waals surface area contributed by atoms with Crippen LogP contribution in [0, 0.1) is 6.92 Å². The summed E-state index contributed by atoms with van der Waals surface area (Å²) < 4.78 is 5.46. The van der Waals surface area contributed by atoms with Crippen LogP contribution in [0.2, 0.25) is 0 Å². The highest BCUT2D eigenvalue weighted by Crippen LogP contribution is 2.32. The molecular formula is C16H19N3O2S. The second-order valence-electron chi connectivity index (χ2n) is 4.62. The molecule has 0 radical (unpaired) electrons. The number of benzene rings is 1. The molecule has 116 valence electrons. The molecule has 0 amide bonds. The summed E-state index contributed by atoms with van der Waals surface area (Å²) in [4.78, 5) is 4.27. The summed E-state index contributed by atoms with van der Waals surface area (Å²) >= 11 is 1.50. The first-order valence-corrected chi connectivity index (χ1v) is 7.82. The number of phenolic OH excluding ortho intramolecular Hbond substituents is 1. The van der Waals surface area contributed by atoms with E-state index in [4.69, 9.17) is 4.74 Å². The number of aromatic nitrogens is 1. The van der Waals surface area contributed by atoms with Gasteiger partial charge in [-0.2, -0.15) is 5.10 Å². The Hall–Kier alpha value is -2.34. The lowest BCUT2D eigenvalue weighted by Gasteiger charge is -2.10. The standard InChI is InChI=1S/C16H19N3O2S/c1-4-6-13-7-12(8-14(15(13)20)21-5-2)9-17-19-16-18-11(3)10-22-16/h4,7-10,20H,1,5-6H2,2-3H3,(H,18,19). The van der Waals surface area contributed by atoms with Gasteiger partial charge >= 0.3 is 0 Å². The largest absolute Gasteiger partial charge is 0.504 e. The second kappa shape index (κ2) is 7.61. The molecule has 0 saturated heterocycles. The third-order valence-corrected chi connectivity index (χ3v) is 3.70. The Kier molecular flexibility index (Phi) is 5.55. The minimum atomic E-state index is 0.155. The van der Waals surface area contributed by atoms with Gasteiger partial charge in [-0.15, -0.1) is 17.9 Å². The third kappa shape index (κ3) is 4.08. The zero-order valence-electron chi connectivity index (χ0n) is 12.7. The van der Waals surface area contributed by atoms with Gasteiger partial charge in [0.15, 0.2) is 11.5 Å². The van der Waals surface area contributed by atoms with Gasteiger partial charge in [0.05, 0.1) is 18.5 Å². The number of aryl methyl sites for hydroxylation is 1. The van der Waals surface area contributed by atoms with E-state index in [9.17, 15) is 5.11 Å². The van der Waals surface area contributed by atoms with E-state index in [2.05, 4.69) is 22.1 Å². The number of rotatable bonds is 7. The van der Waals surface area contributed by atoms with Crippen LogP contribution in [0.1, 0.15) is 23.7 Å². The van der Waals surface area contributed by atoms with Crippen molar-refractivity contribution in [3.05, 3.63) is 47.0 Å². The Bertz CT molecular complexity index is 680. The van der Waals surface area contributed by atoms with Crippen molar-refractivity contribution in [1.29, 1.82) is 0 Å². The van der Waals surface area contributed by atoms with Crippen molar-refractivity contribution >= 4 is 22.7 Å². The van der Waals surface area contributed by atoms with Crippen LogP contribution in [0.15, 0.2) is 35.3 Å². The third-order valence-electron chi connectivity index (χ3n) is 2.83. The SMILES string of the molecule is C=CCc1cc(C=NNc2nc(C)cs2)cc(OCC)c1O. The Morgan fingerprint density at radius 2 is 2.32 bits per heavy atom. The number of ether oxygens (including phenoxy) is 1. The van der Waals surface area contributed by atoms with Gasteiger partial charge in [0.2, 0.25) is 5.13 Å². The zero-order chi connectivity index (χ0) is 15.9. The number of aromatic hydroxyl groups is 1. The van der Waals surface area contributed by atoms with Crippen molar-refractivity contribution in [3.8, 4) is 11.5 Å². The number of allylic oxidation sites excluding steroid dienone is 1. The minimum Gasteiger partial charge on any atom is -0.504 e. The van der Waals surface area contributed by atoms with Crippen molar-refractivity contribution in [2.45, 2.75) is 20.3 Å². The van der Waals surface area contributed by atoms with Crippen molar-refractivity contribution in [2.75, 3.05) is 12.0 Å². The normalized spacial score (nSPS) is 10.8. The van der Waals surface area contributed by atoms with Gasteiger partial charge in [-0.25, -0.2) is 4.98 Å². The number of hydrazone groups is 1. The van der Waals surface area contributed by atoms with Crippen LogP contribution in [-0.4, -0.2) is 22.9 Å². The molecule has 1 aromatic heterocycles. The summed E-state index contributed by atoms with van der Waals surface area (Å²) in [5.74, 6) is 0.607. The van der Waals surface area contributed by atoms with Gasteiger partial charge in [-0.05, 0) is 38.0 Å². The maximum absolute atomic E-state index is 10.1. The molecule has 0 saturated carbocycles. The molecule has 2 N–H and O–H groups in total. The van der Waals surface area contributed by atoms with Gasteiger partial charge in [-0.3, -0.25) is 5.43 Å². The highest BCUT2D eigenvalue weighted by molar-refractivity contribution is 7.13. The number of thiazole rings is 1. The number of phenols is 1. The first-order valence-electron chi connectivity index (χ1n) is 6.94. The van der Waals surface area contributed by atoms with Gasteiger partial charge in [0.1, 0.15) is 0 Å². The van der Waals surface area contributed by atoms with Crippen LogP contribution in [0.25, 0.3) is 0 Å². The minimum absolute atomic E-state index is 0.155. The number of nitrogens with one attached hydrogen (secondary N) is 1. The Labute approximate surface area is 134 Å². The van der Waals surface area contributed by atoms with E-state index in [1.807, 2.05) is 25.3 Å². The fourth-order valence-electron chi connectivity index (χ4n) is 1.91. The van der Waals surface area contributed by atoms with E-state index >= 15 is 0 Å². The topological polar surface area (TPSA) is 66.7 Å². The fourth-order valence-corrected chi connectivity index (χ4v) is 2.54. The molecule has 0 atom stereocenters. The number of nitrogens with zero attached hydrogens (tertiary/aromatic N) is 2. The molecule has 0 spiro atoms. The monoisotopic (exact) mass is 317 g/mol. The molecule has 6 heteroatoms. The number of anilines is 1. The van der Waals surface area contributed by atoms with E-state index in [1.54, 1.807) is 18.4 Å². The van der Waals surface area contributed by atoms with Crippen molar-refractivity contribution in [1.82, 2.24) is 4.98 Å². The molecule has 0 bridgehead atoms. The van der Waals surface area contributed by atoms with E-state index in [0.717, 1.165) is 22.0 Å². The van der Waals surface area contributed by atoms with Crippen molar-refractivity contribution in [3.63, 3.8) is 0 Å². The summed E-state index contributed by atoms with van der Waals surface area (Å²) in [6.45, 7) is 7.99. The summed E-state index contributed by atoms with van der Waals surface area (Å²) in [6.07, 6.45) is 3.97. The average molecular weight is 317 g/mol. The van der Waals surface area contributed by atoms with Gasteiger partial charge < -0.3 is 9.84 Å². The van der Waals surface area contributed by atoms with E-state index in [1.165, 1.54) is 11.3 Å².